The summed E-state index contributed by atoms with van der Waals surface area (Å²) in [5.74, 6) is -0.456. The number of nitrogens with zero attached hydrogens (tertiary/aromatic N) is 1. The Balaban J connectivity index is 2.38. The van der Waals surface area contributed by atoms with Gasteiger partial charge in [0, 0.05) is 6.07 Å². The highest BCUT2D eigenvalue weighted by Gasteiger charge is 2.09. The maximum atomic E-state index is 10.6. The van der Waals surface area contributed by atoms with E-state index in [0.717, 1.165) is 5.69 Å². The Labute approximate surface area is 79.3 Å². The zero-order chi connectivity index (χ0) is 10.1. The molecule has 0 aliphatic heterocycles. The minimum atomic E-state index is -0.993. The van der Waals surface area contributed by atoms with Crippen molar-refractivity contribution in [2.24, 2.45) is 0 Å². The van der Waals surface area contributed by atoms with E-state index in [9.17, 15) is 4.79 Å². The van der Waals surface area contributed by atoms with Gasteiger partial charge in [-0.25, -0.2) is 4.79 Å². The fourth-order valence-corrected chi connectivity index (χ4v) is 1.15. The number of carboxylic acids is 1. The molecule has 5 heteroatoms. The van der Waals surface area contributed by atoms with Crippen molar-refractivity contribution in [3.05, 3.63) is 29.6 Å². The van der Waals surface area contributed by atoms with Crippen LogP contribution >= 0.6 is 0 Å². The van der Waals surface area contributed by atoms with Crippen molar-refractivity contribution in [3.63, 3.8) is 0 Å². The maximum Gasteiger partial charge on any atom is 0.352 e. The van der Waals surface area contributed by atoms with E-state index >= 15 is 0 Å². The number of carboxylic acid groups (broad SMARTS) is 1. The third-order valence-corrected chi connectivity index (χ3v) is 1.81. The van der Waals surface area contributed by atoms with Crippen molar-refractivity contribution < 1.29 is 14.4 Å². The molecule has 2 aromatic heterocycles. The van der Waals surface area contributed by atoms with E-state index in [-0.39, 0.29) is 5.69 Å². The van der Waals surface area contributed by atoms with Crippen molar-refractivity contribution in [3.8, 4) is 11.5 Å². The van der Waals surface area contributed by atoms with Crippen LogP contribution in [0.5, 0.6) is 0 Å². The van der Waals surface area contributed by atoms with Crippen LogP contribution in [0.3, 0.4) is 0 Å². The summed E-state index contributed by atoms with van der Waals surface area (Å²) in [5.41, 5.74) is 1.50. The monoisotopic (exact) mass is 192 g/mol. The number of hydrogen-bond acceptors (Lipinski definition) is 3. The second-order valence-corrected chi connectivity index (χ2v) is 2.92. The Morgan fingerprint density at radius 1 is 1.57 bits per heavy atom. The van der Waals surface area contributed by atoms with Gasteiger partial charge in [0.05, 0.1) is 11.4 Å². The molecule has 5 nitrogen and oxygen atoms in total. The lowest BCUT2D eigenvalue weighted by molar-refractivity contribution is 0.0691. The molecule has 0 aromatic carbocycles. The standard InChI is InChI=1S/C9H8N2O3/c1-5-4-8(14-11-5)6-2-3-7(10-6)9(12)13/h2-4,10H,1H3,(H,12,13). The zero-order valence-corrected chi connectivity index (χ0v) is 7.44. The molecule has 0 unspecified atom stereocenters. The lowest BCUT2D eigenvalue weighted by atomic mass is 10.3. The van der Waals surface area contributed by atoms with Gasteiger partial charge in [-0.2, -0.15) is 0 Å². The van der Waals surface area contributed by atoms with E-state index in [0.29, 0.717) is 11.5 Å². The fraction of sp³-hybridized carbons (Fsp3) is 0.111. The van der Waals surface area contributed by atoms with Crippen LogP contribution in [0, 0.1) is 6.92 Å². The van der Waals surface area contributed by atoms with Gasteiger partial charge in [-0.3, -0.25) is 0 Å². The van der Waals surface area contributed by atoms with Crippen molar-refractivity contribution in [1.29, 1.82) is 0 Å². The Morgan fingerprint density at radius 3 is 2.86 bits per heavy atom. The largest absolute Gasteiger partial charge is 0.477 e. The van der Waals surface area contributed by atoms with E-state index in [1.807, 2.05) is 0 Å². The number of aromatic nitrogens is 2. The molecule has 0 saturated heterocycles. The summed E-state index contributed by atoms with van der Waals surface area (Å²) in [4.78, 5) is 13.3. The fourth-order valence-electron chi connectivity index (χ4n) is 1.15. The smallest absolute Gasteiger partial charge is 0.352 e. The van der Waals surface area contributed by atoms with E-state index in [2.05, 4.69) is 10.1 Å². The highest BCUT2D eigenvalue weighted by molar-refractivity contribution is 5.86. The van der Waals surface area contributed by atoms with E-state index in [4.69, 9.17) is 9.63 Å². The molecule has 0 radical (unpaired) electrons. The van der Waals surface area contributed by atoms with Gasteiger partial charge >= 0.3 is 5.97 Å². The first-order chi connectivity index (χ1) is 6.66. The summed E-state index contributed by atoms with van der Waals surface area (Å²) < 4.78 is 4.97. The molecule has 0 amide bonds. The van der Waals surface area contributed by atoms with Gasteiger partial charge in [0.15, 0.2) is 5.76 Å². The molecule has 0 spiro atoms. The van der Waals surface area contributed by atoms with Crippen molar-refractivity contribution in [2.75, 3.05) is 0 Å². The molecule has 2 N–H and O–H groups in total. The highest BCUT2D eigenvalue weighted by Crippen LogP contribution is 2.19. The summed E-state index contributed by atoms with van der Waals surface area (Å²) in [6.07, 6.45) is 0. The molecule has 0 saturated carbocycles. The molecule has 0 aliphatic rings. The molecule has 0 atom stereocenters. The Morgan fingerprint density at radius 2 is 2.36 bits per heavy atom. The van der Waals surface area contributed by atoms with Crippen molar-refractivity contribution in [2.45, 2.75) is 6.92 Å². The topological polar surface area (TPSA) is 79.1 Å². The number of carbonyl (C=O) groups is 1. The van der Waals surface area contributed by atoms with Crippen LogP contribution in [-0.4, -0.2) is 21.2 Å². The van der Waals surface area contributed by atoms with Crippen molar-refractivity contribution >= 4 is 5.97 Å². The molecule has 14 heavy (non-hydrogen) atoms. The molecule has 2 aromatic rings. The van der Waals surface area contributed by atoms with Crippen LogP contribution in [0.4, 0.5) is 0 Å². The number of hydrogen-bond donors (Lipinski definition) is 2. The molecular weight excluding hydrogens is 184 g/mol. The zero-order valence-electron chi connectivity index (χ0n) is 7.44. The van der Waals surface area contributed by atoms with Crippen LogP contribution in [0.25, 0.3) is 11.5 Å². The predicted molar refractivity (Wildman–Crippen MR) is 48.0 cm³/mol. The minimum Gasteiger partial charge on any atom is -0.477 e. The average Bonchev–Trinajstić information content (AvgIpc) is 2.70. The molecule has 2 heterocycles. The molecule has 2 rings (SSSR count). The summed E-state index contributed by atoms with van der Waals surface area (Å²) in [6.45, 7) is 1.80. The van der Waals surface area contributed by atoms with Crippen LogP contribution in [0.1, 0.15) is 16.2 Å². The summed E-state index contributed by atoms with van der Waals surface area (Å²) in [7, 11) is 0. The van der Waals surface area contributed by atoms with Gasteiger partial charge in [-0.05, 0) is 19.1 Å². The van der Waals surface area contributed by atoms with Crippen LogP contribution in [0.15, 0.2) is 22.7 Å². The SMILES string of the molecule is Cc1cc(-c2ccc(C(=O)O)[nH]2)on1. The third-order valence-electron chi connectivity index (χ3n) is 1.81. The summed E-state index contributed by atoms with van der Waals surface area (Å²) in [6, 6.07) is 4.86. The second-order valence-electron chi connectivity index (χ2n) is 2.92. The van der Waals surface area contributed by atoms with Gasteiger partial charge in [0.2, 0.25) is 0 Å². The van der Waals surface area contributed by atoms with Crippen LogP contribution in [0.2, 0.25) is 0 Å². The Hall–Kier alpha value is -2.04. The molecule has 0 aliphatic carbocycles. The van der Waals surface area contributed by atoms with E-state index in [1.165, 1.54) is 6.07 Å². The summed E-state index contributed by atoms with van der Waals surface area (Å²) >= 11 is 0. The second kappa shape index (κ2) is 3.02. The quantitative estimate of drug-likeness (QED) is 0.758. The van der Waals surface area contributed by atoms with Gasteiger partial charge in [-0.1, -0.05) is 5.16 Å². The summed E-state index contributed by atoms with van der Waals surface area (Å²) in [5, 5.41) is 12.4. The first-order valence-electron chi connectivity index (χ1n) is 4.03. The number of H-pyrrole nitrogens is 1. The number of nitrogens with one attached hydrogen (secondary N) is 1. The number of rotatable bonds is 2. The van der Waals surface area contributed by atoms with E-state index in [1.54, 1.807) is 19.1 Å². The molecular formula is C9H8N2O3. The Bertz CT molecular complexity index is 470. The maximum absolute atomic E-state index is 10.6. The van der Waals surface area contributed by atoms with Gasteiger partial charge in [-0.15, -0.1) is 0 Å². The highest BCUT2D eigenvalue weighted by atomic mass is 16.5. The van der Waals surface area contributed by atoms with Gasteiger partial charge in [0.25, 0.3) is 0 Å². The first kappa shape index (κ1) is 8.55. The molecule has 0 fully saturated rings. The number of aryl methyl sites for hydroxylation is 1. The lowest BCUT2D eigenvalue weighted by Crippen LogP contribution is -1.95. The van der Waals surface area contributed by atoms with Crippen LogP contribution < -0.4 is 0 Å². The lowest BCUT2D eigenvalue weighted by Gasteiger charge is -1.88. The predicted octanol–water partition coefficient (Wildman–Crippen LogP) is 1.68. The molecule has 72 valence electrons. The third kappa shape index (κ3) is 1.39. The Kier molecular flexibility index (Phi) is 1.85. The van der Waals surface area contributed by atoms with Crippen molar-refractivity contribution in [1.82, 2.24) is 10.1 Å². The van der Waals surface area contributed by atoms with Crippen LogP contribution in [-0.2, 0) is 0 Å². The first-order valence-corrected chi connectivity index (χ1v) is 4.03. The number of aromatic carboxylic acids is 1. The minimum absolute atomic E-state index is 0.133. The van der Waals surface area contributed by atoms with Gasteiger partial charge < -0.3 is 14.6 Å². The van der Waals surface area contributed by atoms with Gasteiger partial charge in [0.1, 0.15) is 5.69 Å². The van der Waals surface area contributed by atoms with E-state index < -0.39 is 5.97 Å². The normalized spacial score (nSPS) is 10.4. The molecule has 0 bridgehead atoms. The number of aromatic amines is 1. The average molecular weight is 192 g/mol.